The van der Waals surface area contributed by atoms with Gasteiger partial charge in [-0.15, -0.1) is 0 Å². The summed E-state index contributed by atoms with van der Waals surface area (Å²) < 4.78 is 0.762. The van der Waals surface area contributed by atoms with Crippen LogP contribution in [0.2, 0.25) is 0 Å². The molecule has 3 aromatic rings. The Labute approximate surface area is 123 Å². The third kappa shape index (κ3) is 2.14. The lowest BCUT2D eigenvalue weighted by Gasteiger charge is -2.20. The van der Waals surface area contributed by atoms with Crippen LogP contribution in [0.15, 0.2) is 59.2 Å². The first-order chi connectivity index (χ1) is 9.66. The quantitative estimate of drug-likeness (QED) is 0.784. The van der Waals surface area contributed by atoms with Gasteiger partial charge in [0.15, 0.2) is 0 Å². The van der Waals surface area contributed by atoms with Crippen molar-refractivity contribution in [2.75, 3.05) is 5.01 Å². The lowest BCUT2D eigenvalue weighted by Crippen LogP contribution is -2.40. The van der Waals surface area contributed by atoms with Crippen LogP contribution in [0.3, 0.4) is 0 Å². The standard InChI is InChI=1S/C14H11BrN4O/c15-11-6-2-4-8-13(11)19(14(16)20)18-9-10-5-1-3-7-12(10)17-18/h1-9H,(H2,16,20). The maximum absolute atomic E-state index is 11.8. The van der Waals surface area contributed by atoms with Gasteiger partial charge in [0.05, 0.1) is 17.4 Å². The van der Waals surface area contributed by atoms with E-state index in [1.165, 1.54) is 9.80 Å². The Hall–Kier alpha value is -2.34. The van der Waals surface area contributed by atoms with Gasteiger partial charge in [-0.2, -0.15) is 14.9 Å². The normalized spacial score (nSPS) is 10.7. The number of amides is 2. The number of nitrogens with two attached hydrogens (primary N) is 1. The van der Waals surface area contributed by atoms with E-state index in [4.69, 9.17) is 5.73 Å². The number of primary amides is 1. The number of nitrogens with zero attached hydrogens (tertiary/aromatic N) is 3. The molecule has 3 rings (SSSR count). The van der Waals surface area contributed by atoms with E-state index in [9.17, 15) is 4.79 Å². The van der Waals surface area contributed by atoms with Gasteiger partial charge in [0.25, 0.3) is 0 Å². The van der Waals surface area contributed by atoms with Gasteiger partial charge in [-0.25, -0.2) is 4.79 Å². The maximum atomic E-state index is 11.8. The molecule has 0 aliphatic heterocycles. The molecular formula is C14H11BrN4O. The van der Waals surface area contributed by atoms with E-state index < -0.39 is 6.03 Å². The third-order valence-electron chi connectivity index (χ3n) is 2.90. The molecule has 1 heterocycles. The van der Waals surface area contributed by atoms with Gasteiger partial charge in [0, 0.05) is 9.86 Å². The third-order valence-corrected chi connectivity index (χ3v) is 3.57. The summed E-state index contributed by atoms with van der Waals surface area (Å²) in [7, 11) is 0. The van der Waals surface area contributed by atoms with Crippen LogP contribution in [0.1, 0.15) is 0 Å². The maximum Gasteiger partial charge on any atom is 0.340 e. The summed E-state index contributed by atoms with van der Waals surface area (Å²) in [5.41, 5.74) is 6.93. The van der Waals surface area contributed by atoms with Gasteiger partial charge in [-0.3, -0.25) is 0 Å². The molecular weight excluding hydrogens is 320 g/mol. The number of fused-ring (bicyclic) bond motifs is 1. The van der Waals surface area contributed by atoms with Crippen LogP contribution in [0.4, 0.5) is 10.5 Å². The number of benzene rings is 2. The van der Waals surface area contributed by atoms with Crippen molar-refractivity contribution >= 4 is 38.6 Å². The van der Waals surface area contributed by atoms with Gasteiger partial charge in [-0.05, 0) is 34.1 Å². The molecule has 0 saturated carbocycles. The molecule has 6 heteroatoms. The summed E-state index contributed by atoms with van der Waals surface area (Å²) in [6.45, 7) is 0. The van der Waals surface area contributed by atoms with E-state index in [1.807, 2.05) is 42.5 Å². The Balaban J connectivity index is 2.16. The van der Waals surface area contributed by atoms with E-state index in [2.05, 4.69) is 21.0 Å². The second kappa shape index (κ2) is 4.97. The minimum absolute atomic E-state index is 0.607. The first-order valence-corrected chi connectivity index (χ1v) is 6.75. The van der Waals surface area contributed by atoms with E-state index in [1.54, 1.807) is 12.3 Å². The van der Waals surface area contributed by atoms with Crippen LogP contribution in [-0.2, 0) is 0 Å². The highest BCUT2D eigenvalue weighted by Crippen LogP contribution is 2.26. The second-order valence-electron chi connectivity index (χ2n) is 4.21. The number of carbonyl (C=O) groups is 1. The van der Waals surface area contributed by atoms with Crippen molar-refractivity contribution in [2.45, 2.75) is 0 Å². The molecule has 2 amide bonds. The number of halogens is 1. The smallest absolute Gasteiger partial charge is 0.340 e. The van der Waals surface area contributed by atoms with Gasteiger partial charge < -0.3 is 5.73 Å². The van der Waals surface area contributed by atoms with Crippen LogP contribution in [0.5, 0.6) is 0 Å². The summed E-state index contributed by atoms with van der Waals surface area (Å²) in [5, 5.41) is 6.62. The number of aromatic nitrogens is 2. The van der Waals surface area contributed by atoms with E-state index in [-0.39, 0.29) is 0 Å². The lowest BCUT2D eigenvalue weighted by molar-refractivity contribution is 0.251. The Kier molecular flexibility index (Phi) is 3.15. The highest BCUT2D eigenvalue weighted by atomic mass is 79.9. The molecule has 0 bridgehead atoms. The van der Waals surface area contributed by atoms with Gasteiger partial charge >= 0.3 is 6.03 Å². The molecule has 20 heavy (non-hydrogen) atoms. The van der Waals surface area contributed by atoms with Crippen molar-refractivity contribution in [3.63, 3.8) is 0 Å². The summed E-state index contributed by atoms with van der Waals surface area (Å²) in [5.74, 6) is 0. The van der Waals surface area contributed by atoms with Crippen molar-refractivity contribution in [3.05, 3.63) is 59.2 Å². The van der Waals surface area contributed by atoms with Crippen LogP contribution >= 0.6 is 15.9 Å². The van der Waals surface area contributed by atoms with Gasteiger partial charge in [0.2, 0.25) is 0 Å². The molecule has 0 aliphatic carbocycles. The Morgan fingerprint density at radius 3 is 2.55 bits per heavy atom. The fourth-order valence-electron chi connectivity index (χ4n) is 2.01. The molecule has 1 aromatic heterocycles. The summed E-state index contributed by atoms with van der Waals surface area (Å²) >= 11 is 3.42. The fourth-order valence-corrected chi connectivity index (χ4v) is 2.46. The molecule has 0 radical (unpaired) electrons. The van der Waals surface area contributed by atoms with Crippen molar-refractivity contribution in [1.29, 1.82) is 0 Å². The predicted octanol–water partition coefficient (Wildman–Crippen LogP) is 3.15. The Morgan fingerprint density at radius 2 is 1.85 bits per heavy atom. The van der Waals surface area contributed by atoms with E-state index in [0.29, 0.717) is 5.69 Å². The molecule has 0 spiro atoms. The highest BCUT2D eigenvalue weighted by molar-refractivity contribution is 9.10. The zero-order valence-electron chi connectivity index (χ0n) is 10.4. The lowest BCUT2D eigenvalue weighted by atomic mass is 10.3. The number of anilines is 1. The molecule has 0 atom stereocenters. The van der Waals surface area contributed by atoms with Gasteiger partial charge in [0.1, 0.15) is 0 Å². The van der Waals surface area contributed by atoms with Crippen LogP contribution < -0.4 is 10.7 Å². The average Bonchev–Trinajstić information content (AvgIpc) is 2.84. The van der Waals surface area contributed by atoms with Crippen molar-refractivity contribution in [2.24, 2.45) is 5.73 Å². The van der Waals surface area contributed by atoms with Crippen molar-refractivity contribution in [3.8, 4) is 0 Å². The number of carbonyl (C=O) groups excluding carboxylic acids is 1. The summed E-state index contributed by atoms with van der Waals surface area (Å²) in [6, 6.07) is 14.4. The minimum atomic E-state index is -0.607. The zero-order valence-corrected chi connectivity index (χ0v) is 12.0. The van der Waals surface area contributed by atoms with Crippen molar-refractivity contribution < 1.29 is 4.79 Å². The van der Waals surface area contributed by atoms with Crippen LogP contribution in [0, 0.1) is 0 Å². The van der Waals surface area contributed by atoms with E-state index >= 15 is 0 Å². The number of rotatable bonds is 2. The molecule has 2 aromatic carbocycles. The first kappa shape index (κ1) is 12.7. The molecule has 2 N–H and O–H groups in total. The highest BCUT2D eigenvalue weighted by Gasteiger charge is 2.18. The molecule has 100 valence electrons. The number of urea groups is 1. The van der Waals surface area contributed by atoms with Crippen LogP contribution in [0.25, 0.3) is 10.9 Å². The molecule has 0 aliphatic rings. The summed E-state index contributed by atoms with van der Waals surface area (Å²) in [6.07, 6.45) is 1.76. The molecule has 0 saturated heterocycles. The van der Waals surface area contributed by atoms with Crippen molar-refractivity contribution in [1.82, 2.24) is 9.89 Å². The molecule has 0 unspecified atom stereocenters. The molecule has 0 fully saturated rings. The monoisotopic (exact) mass is 330 g/mol. The topological polar surface area (TPSA) is 64.2 Å². The molecule has 5 nitrogen and oxygen atoms in total. The number of hydrogen-bond donors (Lipinski definition) is 1. The SMILES string of the molecule is NC(=O)N(c1ccccc1Br)n1cc2ccccc2n1. The minimum Gasteiger partial charge on any atom is -0.350 e. The number of para-hydroxylation sites is 1. The zero-order chi connectivity index (χ0) is 14.1. The van der Waals surface area contributed by atoms with E-state index in [0.717, 1.165) is 15.4 Å². The predicted molar refractivity (Wildman–Crippen MR) is 81.3 cm³/mol. The van der Waals surface area contributed by atoms with Crippen LogP contribution in [-0.4, -0.2) is 15.9 Å². The average molecular weight is 331 g/mol. The Morgan fingerprint density at radius 1 is 1.15 bits per heavy atom. The number of hydrogen-bond acceptors (Lipinski definition) is 2. The van der Waals surface area contributed by atoms with Gasteiger partial charge in [-0.1, -0.05) is 30.3 Å². The fraction of sp³-hybridized carbons (Fsp3) is 0. The summed E-state index contributed by atoms with van der Waals surface area (Å²) in [4.78, 5) is 13.2. The first-order valence-electron chi connectivity index (χ1n) is 5.95. The largest absolute Gasteiger partial charge is 0.350 e. The second-order valence-corrected chi connectivity index (χ2v) is 5.06. The Bertz CT molecular complexity index is 750.